The number of methoxy groups -OCH3 is 1. The molecule has 0 heterocycles. The van der Waals surface area contributed by atoms with E-state index in [2.05, 4.69) is 20.7 Å². The van der Waals surface area contributed by atoms with Gasteiger partial charge in [0.1, 0.15) is 0 Å². The number of carbonyl (C=O) groups excluding carboxylic acids is 2. The third kappa shape index (κ3) is 2.01. The van der Waals surface area contributed by atoms with Crippen molar-refractivity contribution in [3.05, 3.63) is 33.8 Å². The van der Waals surface area contributed by atoms with Crippen LogP contribution in [0.1, 0.15) is 15.9 Å². The Bertz CT molecular complexity index is 385. The third-order valence-corrected chi connectivity index (χ3v) is 2.74. The maximum Gasteiger partial charge on any atom is 0.379 e. The van der Waals surface area contributed by atoms with Crippen molar-refractivity contribution >= 4 is 27.7 Å². The van der Waals surface area contributed by atoms with E-state index in [-0.39, 0.29) is 0 Å². The number of rotatable bonds is 2. The van der Waals surface area contributed by atoms with Crippen LogP contribution in [0.5, 0.6) is 0 Å². The van der Waals surface area contributed by atoms with E-state index in [1.54, 1.807) is 19.1 Å². The summed E-state index contributed by atoms with van der Waals surface area (Å²) in [4.78, 5) is 22.4. The van der Waals surface area contributed by atoms with Gasteiger partial charge in [-0.3, -0.25) is 4.79 Å². The fraction of sp³-hybridized carbons (Fsp3) is 0.200. The van der Waals surface area contributed by atoms with Crippen LogP contribution >= 0.6 is 15.9 Å². The van der Waals surface area contributed by atoms with Crippen LogP contribution in [0.4, 0.5) is 0 Å². The number of hydrogen-bond donors (Lipinski definition) is 0. The molecule has 0 saturated heterocycles. The Labute approximate surface area is 90.2 Å². The quantitative estimate of drug-likeness (QED) is 0.463. The molecular weight excluding hydrogens is 248 g/mol. The first-order valence-electron chi connectivity index (χ1n) is 3.95. The van der Waals surface area contributed by atoms with Gasteiger partial charge in [-0.05, 0) is 18.6 Å². The Hall–Kier alpha value is -1.16. The SMILES string of the molecule is COC(=O)C(=O)c1cccc(Br)c1C. The van der Waals surface area contributed by atoms with E-state index in [9.17, 15) is 9.59 Å². The second-order valence-corrected chi connectivity index (χ2v) is 3.59. The molecule has 14 heavy (non-hydrogen) atoms. The second kappa shape index (κ2) is 4.37. The molecule has 0 fully saturated rings. The molecule has 0 atom stereocenters. The fourth-order valence-corrected chi connectivity index (χ4v) is 1.42. The molecule has 0 spiro atoms. The molecule has 0 bridgehead atoms. The van der Waals surface area contributed by atoms with Gasteiger partial charge in [0.2, 0.25) is 0 Å². The predicted molar refractivity (Wildman–Crippen MR) is 55.2 cm³/mol. The number of hydrogen-bond acceptors (Lipinski definition) is 3. The molecule has 0 aromatic heterocycles. The highest BCUT2D eigenvalue weighted by atomic mass is 79.9. The van der Waals surface area contributed by atoms with Crippen LogP contribution in [0, 0.1) is 6.92 Å². The molecule has 74 valence electrons. The Kier molecular flexibility index (Phi) is 3.41. The molecule has 0 unspecified atom stereocenters. The molecule has 0 aliphatic carbocycles. The first-order valence-corrected chi connectivity index (χ1v) is 4.75. The van der Waals surface area contributed by atoms with Crippen molar-refractivity contribution in [2.45, 2.75) is 6.92 Å². The summed E-state index contributed by atoms with van der Waals surface area (Å²) in [5.74, 6) is -1.46. The van der Waals surface area contributed by atoms with E-state index in [0.29, 0.717) is 5.56 Å². The summed E-state index contributed by atoms with van der Waals surface area (Å²) < 4.78 is 5.16. The third-order valence-electron chi connectivity index (χ3n) is 1.88. The van der Waals surface area contributed by atoms with Gasteiger partial charge in [-0.1, -0.05) is 28.1 Å². The van der Waals surface area contributed by atoms with E-state index in [1.165, 1.54) is 7.11 Å². The van der Waals surface area contributed by atoms with E-state index in [0.717, 1.165) is 10.0 Å². The maximum atomic E-state index is 11.5. The van der Waals surface area contributed by atoms with E-state index in [4.69, 9.17) is 0 Å². The zero-order chi connectivity index (χ0) is 10.7. The van der Waals surface area contributed by atoms with Gasteiger partial charge in [-0.2, -0.15) is 0 Å². The van der Waals surface area contributed by atoms with E-state index in [1.807, 2.05) is 6.07 Å². The van der Waals surface area contributed by atoms with Crippen LogP contribution in [-0.2, 0) is 9.53 Å². The maximum absolute atomic E-state index is 11.5. The summed E-state index contributed by atoms with van der Waals surface area (Å²) in [5, 5.41) is 0. The Morgan fingerprint density at radius 1 is 1.36 bits per heavy atom. The first kappa shape index (κ1) is 10.9. The van der Waals surface area contributed by atoms with Crippen LogP contribution in [0.15, 0.2) is 22.7 Å². The minimum Gasteiger partial charge on any atom is -0.463 e. The Morgan fingerprint density at radius 3 is 2.57 bits per heavy atom. The smallest absolute Gasteiger partial charge is 0.379 e. The molecule has 1 rings (SSSR count). The van der Waals surface area contributed by atoms with Gasteiger partial charge in [0.05, 0.1) is 7.11 Å². The zero-order valence-corrected chi connectivity index (χ0v) is 9.42. The van der Waals surface area contributed by atoms with Gasteiger partial charge in [0.15, 0.2) is 0 Å². The highest BCUT2D eigenvalue weighted by molar-refractivity contribution is 9.10. The summed E-state index contributed by atoms with van der Waals surface area (Å²) >= 11 is 3.28. The molecule has 0 aliphatic rings. The number of ketones is 1. The minimum atomic E-state index is -0.841. The van der Waals surface area contributed by atoms with Crippen molar-refractivity contribution in [1.29, 1.82) is 0 Å². The molecule has 0 saturated carbocycles. The second-order valence-electron chi connectivity index (χ2n) is 2.73. The average Bonchev–Trinajstić information content (AvgIpc) is 2.20. The summed E-state index contributed by atoms with van der Waals surface area (Å²) in [6, 6.07) is 5.11. The summed E-state index contributed by atoms with van der Waals surface area (Å²) in [6.07, 6.45) is 0. The lowest BCUT2D eigenvalue weighted by Gasteiger charge is -2.04. The lowest BCUT2D eigenvalue weighted by atomic mass is 10.1. The number of carbonyl (C=O) groups is 2. The molecule has 1 aromatic carbocycles. The van der Waals surface area contributed by atoms with Gasteiger partial charge < -0.3 is 4.74 Å². The molecule has 4 heteroatoms. The normalized spacial score (nSPS) is 9.64. The lowest BCUT2D eigenvalue weighted by Crippen LogP contribution is -2.16. The Balaban J connectivity index is 3.14. The molecule has 0 aliphatic heterocycles. The van der Waals surface area contributed by atoms with Gasteiger partial charge in [0.25, 0.3) is 5.78 Å². The monoisotopic (exact) mass is 256 g/mol. The minimum absolute atomic E-state index is 0.367. The number of benzene rings is 1. The molecule has 0 N–H and O–H groups in total. The number of halogens is 1. The zero-order valence-electron chi connectivity index (χ0n) is 7.83. The van der Waals surface area contributed by atoms with Gasteiger partial charge in [-0.25, -0.2) is 4.79 Å². The molecule has 0 amide bonds. The van der Waals surface area contributed by atoms with Crippen LogP contribution in [0.25, 0.3) is 0 Å². The van der Waals surface area contributed by atoms with Gasteiger partial charge >= 0.3 is 5.97 Å². The summed E-state index contributed by atoms with van der Waals surface area (Å²) in [7, 11) is 1.19. The molecular formula is C10H9BrO3. The molecule has 1 aromatic rings. The standard InChI is InChI=1S/C10H9BrO3/c1-6-7(4-3-5-8(6)11)9(12)10(13)14-2/h3-5H,1-2H3. The van der Waals surface area contributed by atoms with Crippen molar-refractivity contribution in [2.24, 2.45) is 0 Å². The van der Waals surface area contributed by atoms with Gasteiger partial charge in [-0.15, -0.1) is 0 Å². The average molecular weight is 257 g/mol. The summed E-state index contributed by atoms with van der Waals surface area (Å²) in [5.41, 5.74) is 1.11. The Morgan fingerprint density at radius 2 is 2.00 bits per heavy atom. The number of Topliss-reactive ketones (excluding diaryl/α,β-unsaturated/α-hetero) is 1. The predicted octanol–water partition coefficient (Wildman–Crippen LogP) is 2.11. The highest BCUT2D eigenvalue weighted by Gasteiger charge is 2.19. The van der Waals surface area contributed by atoms with E-state index >= 15 is 0 Å². The van der Waals surface area contributed by atoms with E-state index < -0.39 is 11.8 Å². The lowest BCUT2D eigenvalue weighted by molar-refractivity contribution is -0.135. The van der Waals surface area contributed by atoms with Crippen molar-refractivity contribution in [2.75, 3.05) is 7.11 Å². The fourth-order valence-electron chi connectivity index (χ4n) is 1.06. The van der Waals surface area contributed by atoms with Crippen molar-refractivity contribution < 1.29 is 14.3 Å². The largest absolute Gasteiger partial charge is 0.463 e. The summed E-state index contributed by atoms with van der Waals surface area (Å²) in [6.45, 7) is 1.76. The van der Waals surface area contributed by atoms with Crippen molar-refractivity contribution in [3.63, 3.8) is 0 Å². The van der Waals surface area contributed by atoms with Crippen LogP contribution in [0.3, 0.4) is 0 Å². The van der Waals surface area contributed by atoms with Crippen molar-refractivity contribution in [3.8, 4) is 0 Å². The highest BCUT2D eigenvalue weighted by Crippen LogP contribution is 2.19. The molecule has 0 radical (unpaired) electrons. The van der Waals surface area contributed by atoms with Crippen LogP contribution < -0.4 is 0 Å². The first-order chi connectivity index (χ1) is 6.57. The molecule has 3 nitrogen and oxygen atoms in total. The van der Waals surface area contributed by atoms with Crippen LogP contribution in [0.2, 0.25) is 0 Å². The number of ether oxygens (including phenoxy) is 1. The van der Waals surface area contributed by atoms with Crippen molar-refractivity contribution in [1.82, 2.24) is 0 Å². The number of esters is 1. The topological polar surface area (TPSA) is 43.4 Å². The van der Waals surface area contributed by atoms with Crippen LogP contribution in [-0.4, -0.2) is 18.9 Å². The van der Waals surface area contributed by atoms with Gasteiger partial charge in [0, 0.05) is 10.0 Å².